The summed E-state index contributed by atoms with van der Waals surface area (Å²) in [6, 6.07) is 7.24. The van der Waals surface area contributed by atoms with Crippen LogP contribution in [0.3, 0.4) is 0 Å². The minimum atomic E-state index is 0.588. The standard InChI is InChI=1S/C14H14N4O2/c1-9-5-11(15)13(19-2)7-12(9)20-10-3-4-18-14(6-10)16-8-17-18/h3-8H,15H2,1-2H3. The SMILES string of the molecule is COc1cc(Oc2ccn3ncnc3c2)c(C)cc1N. The molecule has 0 saturated carbocycles. The van der Waals surface area contributed by atoms with Gasteiger partial charge in [-0.15, -0.1) is 0 Å². The van der Waals surface area contributed by atoms with Crippen LogP contribution in [0, 0.1) is 6.92 Å². The van der Waals surface area contributed by atoms with Crippen LogP contribution in [0.15, 0.2) is 36.8 Å². The third kappa shape index (κ3) is 2.11. The molecular weight excluding hydrogens is 256 g/mol. The summed E-state index contributed by atoms with van der Waals surface area (Å²) in [5.41, 5.74) is 8.10. The normalized spacial score (nSPS) is 10.7. The highest BCUT2D eigenvalue weighted by molar-refractivity contribution is 5.59. The summed E-state index contributed by atoms with van der Waals surface area (Å²) in [7, 11) is 1.58. The topological polar surface area (TPSA) is 74.7 Å². The van der Waals surface area contributed by atoms with Crippen LogP contribution in [0.2, 0.25) is 0 Å². The van der Waals surface area contributed by atoms with E-state index in [1.807, 2.05) is 25.1 Å². The van der Waals surface area contributed by atoms with E-state index in [2.05, 4.69) is 10.1 Å². The van der Waals surface area contributed by atoms with E-state index >= 15 is 0 Å². The second kappa shape index (κ2) is 4.73. The fraction of sp³-hybridized carbons (Fsp3) is 0.143. The Labute approximate surface area is 115 Å². The van der Waals surface area contributed by atoms with Crippen molar-refractivity contribution in [3.05, 3.63) is 42.4 Å². The Kier molecular flexibility index (Phi) is 2.90. The van der Waals surface area contributed by atoms with Crippen LogP contribution in [0.1, 0.15) is 5.56 Å². The largest absolute Gasteiger partial charge is 0.494 e. The number of methoxy groups -OCH3 is 1. The summed E-state index contributed by atoms with van der Waals surface area (Å²) in [4.78, 5) is 4.12. The summed E-state index contributed by atoms with van der Waals surface area (Å²) >= 11 is 0. The number of hydrogen-bond acceptors (Lipinski definition) is 5. The lowest BCUT2D eigenvalue weighted by Crippen LogP contribution is -1.96. The first-order valence-electron chi connectivity index (χ1n) is 6.09. The zero-order valence-corrected chi connectivity index (χ0v) is 11.2. The van der Waals surface area contributed by atoms with Crippen molar-refractivity contribution in [3.63, 3.8) is 0 Å². The zero-order chi connectivity index (χ0) is 14.1. The van der Waals surface area contributed by atoms with Gasteiger partial charge in [0.25, 0.3) is 0 Å². The number of hydrogen-bond donors (Lipinski definition) is 1. The molecule has 0 fully saturated rings. The number of ether oxygens (including phenoxy) is 2. The van der Waals surface area contributed by atoms with E-state index in [1.54, 1.807) is 23.9 Å². The third-order valence-corrected chi connectivity index (χ3v) is 3.01. The van der Waals surface area contributed by atoms with Gasteiger partial charge in [-0.2, -0.15) is 5.10 Å². The molecule has 0 amide bonds. The minimum absolute atomic E-state index is 0.588. The van der Waals surface area contributed by atoms with E-state index in [9.17, 15) is 0 Å². The molecule has 1 aromatic carbocycles. The summed E-state index contributed by atoms with van der Waals surface area (Å²) in [6.07, 6.45) is 3.29. The number of anilines is 1. The van der Waals surface area contributed by atoms with Crippen LogP contribution in [0.25, 0.3) is 5.65 Å². The maximum Gasteiger partial charge on any atom is 0.158 e. The Hall–Kier alpha value is -2.76. The number of nitrogen functional groups attached to an aromatic ring is 1. The third-order valence-electron chi connectivity index (χ3n) is 3.01. The van der Waals surface area contributed by atoms with Crippen LogP contribution < -0.4 is 15.2 Å². The molecule has 0 aliphatic heterocycles. The fourth-order valence-electron chi connectivity index (χ4n) is 1.97. The van der Waals surface area contributed by atoms with Gasteiger partial charge in [-0.25, -0.2) is 9.50 Å². The molecule has 2 aromatic heterocycles. The monoisotopic (exact) mass is 270 g/mol. The van der Waals surface area contributed by atoms with E-state index in [-0.39, 0.29) is 0 Å². The highest BCUT2D eigenvalue weighted by Crippen LogP contribution is 2.33. The van der Waals surface area contributed by atoms with Gasteiger partial charge in [0.15, 0.2) is 5.65 Å². The number of fused-ring (bicyclic) bond motifs is 1. The molecule has 102 valence electrons. The molecular formula is C14H14N4O2. The van der Waals surface area contributed by atoms with Crippen LogP contribution in [0.5, 0.6) is 17.2 Å². The molecule has 2 N–H and O–H groups in total. The number of rotatable bonds is 3. The van der Waals surface area contributed by atoms with E-state index in [0.717, 1.165) is 11.2 Å². The summed E-state index contributed by atoms with van der Waals surface area (Å²) in [6.45, 7) is 1.93. The second-order valence-electron chi connectivity index (χ2n) is 4.39. The first-order chi connectivity index (χ1) is 9.67. The average Bonchev–Trinajstić information content (AvgIpc) is 2.89. The van der Waals surface area contributed by atoms with Crippen molar-refractivity contribution in [2.24, 2.45) is 0 Å². The van der Waals surface area contributed by atoms with E-state index in [4.69, 9.17) is 15.2 Å². The quantitative estimate of drug-likeness (QED) is 0.740. The van der Waals surface area contributed by atoms with Crippen molar-refractivity contribution in [1.29, 1.82) is 0 Å². The first-order valence-corrected chi connectivity index (χ1v) is 6.09. The molecule has 20 heavy (non-hydrogen) atoms. The van der Waals surface area contributed by atoms with Gasteiger partial charge in [0, 0.05) is 18.3 Å². The first kappa shape index (κ1) is 12.3. The van der Waals surface area contributed by atoms with Crippen LogP contribution >= 0.6 is 0 Å². The fourth-order valence-corrected chi connectivity index (χ4v) is 1.97. The van der Waals surface area contributed by atoms with Crippen molar-refractivity contribution in [3.8, 4) is 17.2 Å². The van der Waals surface area contributed by atoms with Crippen LogP contribution in [0.4, 0.5) is 5.69 Å². The predicted octanol–water partition coefficient (Wildman–Crippen LogP) is 2.42. The Bertz CT molecular complexity index is 767. The number of aromatic nitrogens is 3. The highest BCUT2D eigenvalue weighted by atomic mass is 16.5. The number of benzene rings is 1. The minimum Gasteiger partial charge on any atom is -0.494 e. The highest BCUT2D eigenvalue weighted by Gasteiger charge is 2.08. The lowest BCUT2D eigenvalue weighted by Gasteiger charge is -2.12. The number of nitrogens with two attached hydrogens (primary N) is 1. The molecule has 6 nitrogen and oxygen atoms in total. The van der Waals surface area contributed by atoms with Gasteiger partial charge in [0.2, 0.25) is 0 Å². The molecule has 0 aliphatic rings. The second-order valence-corrected chi connectivity index (χ2v) is 4.39. The number of aryl methyl sites for hydroxylation is 1. The molecule has 0 spiro atoms. The van der Waals surface area contributed by atoms with Gasteiger partial charge in [-0.3, -0.25) is 0 Å². The number of nitrogens with zero attached hydrogens (tertiary/aromatic N) is 3. The molecule has 0 saturated heterocycles. The Morgan fingerprint density at radius 3 is 2.85 bits per heavy atom. The summed E-state index contributed by atoms with van der Waals surface area (Å²) in [5, 5.41) is 4.04. The van der Waals surface area contributed by atoms with Gasteiger partial charge in [-0.05, 0) is 24.6 Å². The van der Waals surface area contributed by atoms with Crippen LogP contribution in [-0.2, 0) is 0 Å². The van der Waals surface area contributed by atoms with E-state index in [0.29, 0.717) is 22.9 Å². The van der Waals surface area contributed by atoms with E-state index < -0.39 is 0 Å². The van der Waals surface area contributed by atoms with Crippen molar-refractivity contribution >= 4 is 11.3 Å². The van der Waals surface area contributed by atoms with Crippen molar-refractivity contribution in [1.82, 2.24) is 14.6 Å². The van der Waals surface area contributed by atoms with Gasteiger partial charge >= 0.3 is 0 Å². The lowest BCUT2D eigenvalue weighted by atomic mass is 10.2. The molecule has 0 atom stereocenters. The van der Waals surface area contributed by atoms with Gasteiger partial charge in [-0.1, -0.05) is 0 Å². The van der Waals surface area contributed by atoms with Crippen molar-refractivity contribution in [2.45, 2.75) is 6.92 Å². The maximum atomic E-state index is 5.87. The number of pyridine rings is 1. The lowest BCUT2D eigenvalue weighted by molar-refractivity contribution is 0.410. The Morgan fingerprint density at radius 1 is 1.20 bits per heavy atom. The maximum absolute atomic E-state index is 5.87. The van der Waals surface area contributed by atoms with Gasteiger partial charge in [0.05, 0.1) is 12.8 Å². The summed E-state index contributed by atoms with van der Waals surface area (Å²) < 4.78 is 12.7. The van der Waals surface area contributed by atoms with Gasteiger partial charge in [0.1, 0.15) is 23.6 Å². The van der Waals surface area contributed by atoms with Crippen LogP contribution in [-0.4, -0.2) is 21.7 Å². The Balaban J connectivity index is 1.97. The Morgan fingerprint density at radius 2 is 2.05 bits per heavy atom. The van der Waals surface area contributed by atoms with Gasteiger partial charge < -0.3 is 15.2 Å². The molecule has 2 heterocycles. The molecule has 0 bridgehead atoms. The molecule has 3 rings (SSSR count). The van der Waals surface area contributed by atoms with Crippen molar-refractivity contribution < 1.29 is 9.47 Å². The molecule has 0 unspecified atom stereocenters. The predicted molar refractivity (Wildman–Crippen MR) is 75.2 cm³/mol. The van der Waals surface area contributed by atoms with Crippen molar-refractivity contribution in [2.75, 3.05) is 12.8 Å². The summed E-state index contributed by atoms with van der Waals surface area (Å²) in [5.74, 6) is 1.97. The average molecular weight is 270 g/mol. The molecule has 6 heteroatoms. The van der Waals surface area contributed by atoms with E-state index in [1.165, 1.54) is 6.33 Å². The smallest absolute Gasteiger partial charge is 0.158 e. The molecule has 0 radical (unpaired) electrons. The molecule has 3 aromatic rings. The zero-order valence-electron chi connectivity index (χ0n) is 11.2. The molecule has 0 aliphatic carbocycles.